The van der Waals surface area contributed by atoms with E-state index in [1.54, 1.807) is 25.1 Å². The summed E-state index contributed by atoms with van der Waals surface area (Å²) in [6, 6.07) is 11.2. The summed E-state index contributed by atoms with van der Waals surface area (Å²) >= 11 is 0. The summed E-state index contributed by atoms with van der Waals surface area (Å²) in [6.07, 6.45) is 4.03. The Bertz CT molecular complexity index is 860. The smallest absolute Gasteiger partial charge is 0.265 e. The molecule has 2 aromatic carbocycles. The fraction of sp³-hybridized carbons (Fsp3) is 0.300. The maximum Gasteiger partial charge on any atom is 0.265 e. The number of carbonyl (C=O) groups excluding carboxylic acids is 2. The van der Waals surface area contributed by atoms with E-state index in [9.17, 15) is 9.59 Å². The molecule has 1 heterocycles. The maximum absolute atomic E-state index is 12.6. The number of nitrogens with one attached hydrogen (secondary N) is 2. The van der Waals surface area contributed by atoms with E-state index in [1.807, 2.05) is 12.1 Å². The maximum atomic E-state index is 12.6. The van der Waals surface area contributed by atoms with Gasteiger partial charge in [0, 0.05) is 11.3 Å². The van der Waals surface area contributed by atoms with Crippen molar-refractivity contribution in [3.8, 4) is 5.75 Å². The lowest BCUT2D eigenvalue weighted by Crippen LogP contribution is -2.34. The Morgan fingerprint density at radius 3 is 2.76 bits per heavy atom. The van der Waals surface area contributed by atoms with Gasteiger partial charge < -0.3 is 15.4 Å². The van der Waals surface area contributed by atoms with Crippen LogP contribution in [0.5, 0.6) is 5.75 Å². The first kappa shape index (κ1) is 15.7. The van der Waals surface area contributed by atoms with Crippen molar-refractivity contribution >= 4 is 23.2 Å². The highest BCUT2D eigenvalue weighted by atomic mass is 16.5. The molecule has 1 aliphatic heterocycles. The molecule has 1 unspecified atom stereocenters. The van der Waals surface area contributed by atoms with Gasteiger partial charge in [-0.2, -0.15) is 0 Å². The molecule has 128 valence electrons. The van der Waals surface area contributed by atoms with Crippen molar-refractivity contribution in [1.29, 1.82) is 0 Å². The molecule has 0 saturated heterocycles. The van der Waals surface area contributed by atoms with E-state index < -0.39 is 6.10 Å². The van der Waals surface area contributed by atoms with E-state index in [0.29, 0.717) is 22.7 Å². The van der Waals surface area contributed by atoms with Crippen molar-refractivity contribution in [2.45, 2.75) is 38.7 Å². The topological polar surface area (TPSA) is 67.4 Å². The lowest BCUT2D eigenvalue weighted by molar-refractivity contribution is -0.122. The fourth-order valence-corrected chi connectivity index (χ4v) is 3.36. The quantitative estimate of drug-likeness (QED) is 0.881. The average Bonchev–Trinajstić information content (AvgIpc) is 2.62. The van der Waals surface area contributed by atoms with Gasteiger partial charge in [0.2, 0.25) is 0 Å². The van der Waals surface area contributed by atoms with Gasteiger partial charge in [-0.25, -0.2) is 0 Å². The molecule has 25 heavy (non-hydrogen) atoms. The second-order valence-corrected chi connectivity index (χ2v) is 6.60. The number of fused-ring (bicyclic) bond motifs is 2. The molecule has 0 saturated carbocycles. The molecule has 2 amide bonds. The second kappa shape index (κ2) is 6.24. The minimum Gasteiger partial charge on any atom is -0.479 e. The summed E-state index contributed by atoms with van der Waals surface area (Å²) in [7, 11) is 0. The minimum absolute atomic E-state index is 0.148. The van der Waals surface area contributed by atoms with E-state index >= 15 is 0 Å². The summed E-state index contributed by atoms with van der Waals surface area (Å²) in [6.45, 7) is 1.70. The first-order valence-corrected chi connectivity index (χ1v) is 8.65. The van der Waals surface area contributed by atoms with Crippen LogP contribution in [0.4, 0.5) is 11.4 Å². The first-order chi connectivity index (χ1) is 12.1. The Balaban J connectivity index is 1.53. The van der Waals surface area contributed by atoms with Crippen LogP contribution < -0.4 is 15.4 Å². The molecule has 1 aliphatic carbocycles. The zero-order valence-corrected chi connectivity index (χ0v) is 14.1. The van der Waals surface area contributed by atoms with Crippen LogP contribution in [0, 0.1) is 0 Å². The van der Waals surface area contributed by atoms with Crippen molar-refractivity contribution in [3.63, 3.8) is 0 Å². The molecule has 5 nitrogen and oxygen atoms in total. The molecule has 1 atom stereocenters. The van der Waals surface area contributed by atoms with Crippen LogP contribution in [0.1, 0.15) is 41.3 Å². The van der Waals surface area contributed by atoms with Gasteiger partial charge in [-0.05, 0) is 74.1 Å². The zero-order valence-electron chi connectivity index (χ0n) is 14.1. The Morgan fingerprint density at radius 1 is 1.12 bits per heavy atom. The van der Waals surface area contributed by atoms with Gasteiger partial charge in [-0.1, -0.05) is 6.07 Å². The Labute approximate surface area is 146 Å². The van der Waals surface area contributed by atoms with Crippen molar-refractivity contribution in [1.82, 2.24) is 0 Å². The van der Waals surface area contributed by atoms with Gasteiger partial charge >= 0.3 is 0 Å². The van der Waals surface area contributed by atoms with Gasteiger partial charge in [-0.15, -0.1) is 0 Å². The van der Waals surface area contributed by atoms with Crippen molar-refractivity contribution in [3.05, 3.63) is 53.1 Å². The number of amides is 2. The monoisotopic (exact) mass is 336 g/mol. The summed E-state index contributed by atoms with van der Waals surface area (Å²) in [5.41, 5.74) is 4.49. The Morgan fingerprint density at radius 2 is 1.92 bits per heavy atom. The number of aryl methyl sites for hydroxylation is 2. The molecular formula is C20H20N2O3. The minimum atomic E-state index is -0.511. The number of ether oxygens (including phenoxy) is 1. The molecule has 0 spiro atoms. The molecule has 2 N–H and O–H groups in total. The molecule has 0 radical (unpaired) electrons. The first-order valence-electron chi connectivity index (χ1n) is 8.65. The second-order valence-electron chi connectivity index (χ2n) is 6.60. The van der Waals surface area contributed by atoms with E-state index in [0.717, 1.165) is 12.8 Å². The van der Waals surface area contributed by atoms with E-state index in [1.165, 1.54) is 24.0 Å². The number of hydrogen-bond acceptors (Lipinski definition) is 3. The molecular weight excluding hydrogens is 316 g/mol. The zero-order chi connectivity index (χ0) is 17.4. The predicted molar refractivity (Wildman–Crippen MR) is 96.2 cm³/mol. The average molecular weight is 336 g/mol. The van der Waals surface area contributed by atoms with Crippen LogP contribution in [0.15, 0.2) is 36.4 Å². The third-order valence-electron chi connectivity index (χ3n) is 4.78. The van der Waals surface area contributed by atoms with Crippen LogP contribution in [0.25, 0.3) is 0 Å². The van der Waals surface area contributed by atoms with E-state index in [2.05, 4.69) is 16.7 Å². The molecule has 5 heteroatoms. The standard InChI is InChI=1S/C20H20N2O3/c1-12-19(23)22-17-11-16(8-9-18(17)25-12)21-20(24)15-7-6-13-4-2-3-5-14(13)10-15/h6-12H,2-5H2,1H3,(H,21,24)(H,22,23). The van der Waals surface area contributed by atoms with Crippen molar-refractivity contribution in [2.24, 2.45) is 0 Å². The van der Waals surface area contributed by atoms with Gasteiger partial charge in [0.15, 0.2) is 6.10 Å². The van der Waals surface area contributed by atoms with Crippen molar-refractivity contribution in [2.75, 3.05) is 10.6 Å². The fourth-order valence-electron chi connectivity index (χ4n) is 3.36. The van der Waals surface area contributed by atoms with Crippen LogP contribution in [-0.2, 0) is 17.6 Å². The summed E-state index contributed by atoms with van der Waals surface area (Å²) in [4.78, 5) is 24.3. The SMILES string of the molecule is CC1Oc2ccc(NC(=O)c3ccc4c(c3)CCCC4)cc2NC1=O. The molecule has 4 rings (SSSR count). The van der Waals surface area contributed by atoms with Gasteiger partial charge in [0.25, 0.3) is 11.8 Å². The van der Waals surface area contributed by atoms with E-state index in [-0.39, 0.29) is 11.8 Å². The molecule has 0 fully saturated rings. The normalized spacial score (nSPS) is 18.4. The lowest BCUT2D eigenvalue weighted by atomic mass is 9.90. The largest absolute Gasteiger partial charge is 0.479 e. The van der Waals surface area contributed by atoms with Gasteiger partial charge in [0.05, 0.1) is 5.69 Å². The highest BCUT2D eigenvalue weighted by molar-refractivity contribution is 6.05. The van der Waals surface area contributed by atoms with Gasteiger partial charge in [0.1, 0.15) is 5.75 Å². The highest BCUT2D eigenvalue weighted by Gasteiger charge is 2.23. The van der Waals surface area contributed by atoms with Gasteiger partial charge in [-0.3, -0.25) is 9.59 Å². The summed E-state index contributed by atoms with van der Waals surface area (Å²) < 4.78 is 5.53. The third-order valence-corrected chi connectivity index (χ3v) is 4.78. The van der Waals surface area contributed by atoms with Crippen LogP contribution in [0.3, 0.4) is 0 Å². The molecule has 0 aromatic heterocycles. The van der Waals surface area contributed by atoms with Crippen LogP contribution >= 0.6 is 0 Å². The summed E-state index contributed by atoms with van der Waals surface area (Å²) in [5, 5.41) is 5.68. The highest BCUT2D eigenvalue weighted by Crippen LogP contribution is 2.32. The predicted octanol–water partition coefficient (Wildman–Crippen LogP) is 3.54. The number of rotatable bonds is 2. The number of benzene rings is 2. The van der Waals surface area contributed by atoms with Crippen LogP contribution in [-0.4, -0.2) is 17.9 Å². The lowest BCUT2D eigenvalue weighted by Gasteiger charge is -2.23. The Hall–Kier alpha value is -2.82. The number of hydrogen-bond donors (Lipinski definition) is 2. The number of anilines is 2. The van der Waals surface area contributed by atoms with Crippen molar-refractivity contribution < 1.29 is 14.3 Å². The summed E-state index contributed by atoms with van der Waals surface area (Å²) in [5.74, 6) is 0.272. The van der Waals surface area contributed by atoms with Crippen LogP contribution in [0.2, 0.25) is 0 Å². The molecule has 0 bridgehead atoms. The number of carbonyl (C=O) groups is 2. The third kappa shape index (κ3) is 3.09. The van der Waals surface area contributed by atoms with E-state index in [4.69, 9.17) is 4.74 Å². The molecule has 2 aromatic rings. The molecule has 2 aliphatic rings. The Kier molecular flexibility index (Phi) is 3.92.